The second-order valence-electron chi connectivity index (χ2n) is 6.24. The molecule has 0 radical (unpaired) electrons. The fraction of sp³-hybridized carbons (Fsp3) is 0.318. The van der Waals surface area contributed by atoms with Gasteiger partial charge in [-0.15, -0.1) is 0 Å². The molecule has 0 amide bonds. The number of methoxy groups -OCH3 is 1. The van der Waals surface area contributed by atoms with Crippen LogP contribution in [-0.2, 0) is 16.6 Å². The van der Waals surface area contributed by atoms with Crippen molar-refractivity contribution in [3.8, 4) is 23.1 Å². The number of benzene rings is 2. The second kappa shape index (κ2) is 9.01. The maximum absolute atomic E-state index is 11.7. The van der Waals surface area contributed by atoms with Gasteiger partial charge in [-0.3, -0.25) is 4.31 Å². The van der Waals surface area contributed by atoms with Crippen LogP contribution in [0.4, 0.5) is 5.69 Å². The monoisotopic (exact) mass is 413 g/mol. The maximum atomic E-state index is 11.7. The van der Waals surface area contributed by atoms with Crippen LogP contribution in [0.5, 0.6) is 5.75 Å². The number of nitrogens with zero attached hydrogens (tertiary/aromatic N) is 3. The van der Waals surface area contributed by atoms with Gasteiger partial charge in [-0.1, -0.05) is 26.0 Å². The summed E-state index contributed by atoms with van der Waals surface area (Å²) in [6.45, 7) is 6.71. The first-order valence-corrected chi connectivity index (χ1v) is 11.3. The topological polar surface area (TPSA) is 75.3 Å². The highest BCUT2D eigenvalue weighted by atomic mass is 32.2. The van der Waals surface area contributed by atoms with Gasteiger partial charge in [-0.25, -0.2) is 8.42 Å². The van der Waals surface area contributed by atoms with Crippen LogP contribution in [0.1, 0.15) is 26.3 Å². The number of nitriles is 1. The Morgan fingerprint density at radius 3 is 2.24 bits per heavy atom. The van der Waals surface area contributed by atoms with Crippen LogP contribution in [0.15, 0.2) is 42.5 Å². The van der Waals surface area contributed by atoms with Crippen LogP contribution in [-0.4, -0.2) is 33.4 Å². The first-order chi connectivity index (χ1) is 13.8. The molecular weight excluding hydrogens is 386 g/mol. The van der Waals surface area contributed by atoms with Crippen LogP contribution in [0.3, 0.4) is 0 Å². The lowest BCUT2D eigenvalue weighted by Crippen LogP contribution is -2.24. The Bertz CT molecular complexity index is 1140. The lowest BCUT2D eigenvalue weighted by atomic mass is 10.1. The summed E-state index contributed by atoms with van der Waals surface area (Å²) in [5.74, 6) is 0.732. The predicted molar refractivity (Wildman–Crippen MR) is 119 cm³/mol. The molecule has 1 aromatic heterocycles. The molecule has 0 atom stereocenters. The lowest BCUT2D eigenvalue weighted by molar-refractivity contribution is 0.415. The van der Waals surface area contributed by atoms with Gasteiger partial charge in [-0.2, -0.15) is 5.26 Å². The average Bonchev–Trinajstić information content (AvgIpc) is 3.06. The third-order valence-electron chi connectivity index (χ3n) is 4.70. The van der Waals surface area contributed by atoms with E-state index in [9.17, 15) is 13.7 Å². The molecule has 0 aliphatic heterocycles. The summed E-state index contributed by atoms with van der Waals surface area (Å²) in [5, 5.41) is 10.6. The number of hydrogen-bond donors (Lipinski definition) is 0. The van der Waals surface area contributed by atoms with Gasteiger partial charge in [0, 0.05) is 25.0 Å². The fourth-order valence-corrected chi connectivity index (χ4v) is 3.72. The van der Waals surface area contributed by atoms with Gasteiger partial charge in [0.25, 0.3) is 0 Å². The Morgan fingerprint density at radius 2 is 1.76 bits per heavy atom. The number of rotatable bonds is 5. The molecule has 0 saturated heterocycles. The molecular formula is C22H27N3O3S. The second-order valence-corrected chi connectivity index (χ2v) is 8.25. The minimum Gasteiger partial charge on any atom is -0.497 e. The van der Waals surface area contributed by atoms with Crippen molar-refractivity contribution in [2.75, 3.05) is 24.7 Å². The molecule has 0 saturated carbocycles. The third kappa shape index (κ3) is 4.22. The molecule has 0 aliphatic rings. The van der Waals surface area contributed by atoms with Crippen LogP contribution >= 0.6 is 0 Å². The summed E-state index contributed by atoms with van der Waals surface area (Å²) in [7, 11) is -0.196. The third-order valence-corrected chi connectivity index (χ3v) is 5.91. The number of aryl methyl sites for hydroxylation is 1. The Morgan fingerprint density at radius 1 is 1.14 bits per heavy atom. The molecule has 2 aromatic carbocycles. The average molecular weight is 414 g/mol. The van der Waals surface area contributed by atoms with E-state index in [0.717, 1.165) is 34.2 Å². The number of hydrogen-bond acceptors (Lipinski definition) is 4. The SMILES string of the molecule is CC.CCn1c(-c2ccc(N(C)S(C)(=O)=O)cc2)c(C#N)c2ccc(OC)cc21. The first kappa shape index (κ1) is 22.3. The van der Waals surface area contributed by atoms with E-state index in [1.54, 1.807) is 19.2 Å². The summed E-state index contributed by atoms with van der Waals surface area (Å²) < 4.78 is 32.1. The van der Waals surface area contributed by atoms with Gasteiger partial charge in [-0.05, 0) is 36.8 Å². The van der Waals surface area contributed by atoms with Crippen molar-refractivity contribution >= 4 is 26.6 Å². The minimum absolute atomic E-state index is 0.570. The summed E-state index contributed by atoms with van der Waals surface area (Å²) in [5.41, 5.74) is 3.77. The molecule has 154 valence electrons. The van der Waals surface area contributed by atoms with E-state index in [0.29, 0.717) is 17.8 Å². The summed E-state index contributed by atoms with van der Waals surface area (Å²) >= 11 is 0. The molecule has 3 aromatic rings. The Hall–Kier alpha value is -2.98. The molecule has 0 aliphatic carbocycles. The van der Waals surface area contributed by atoms with E-state index in [1.165, 1.54) is 11.4 Å². The zero-order valence-corrected chi connectivity index (χ0v) is 18.5. The molecule has 0 bridgehead atoms. The zero-order chi connectivity index (χ0) is 21.8. The maximum Gasteiger partial charge on any atom is 0.231 e. The van der Waals surface area contributed by atoms with Gasteiger partial charge in [0.1, 0.15) is 11.8 Å². The van der Waals surface area contributed by atoms with Crippen molar-refractivity contribution in [3.05, 3.63) is 48.0 Å². The van der Waals surface area contributed by atoms with Crippen LogP contribution in [0, 0.1) is 11.3 Å². The number of anilines is 1. The standard InChI is InChI=1S/C20H21N3O3S.C2H6/c1-5-23-19-12-16(26-3)10-11-17(19)18(13-21)20(23)14-6-8-15(9-7-14)22(2)27(4,24)25;1-2/h6-12H,5H2,1-4H3;1-2H3. The van der Waals surface area contributed by atoms with E-state index < -0.39 is 10.0 Å². The van der Waals surface area contributed by atoms with Crippen molar-refractivity contribution in [3.63, 3.8) is 0 Å². The molecule has 0 N–H and O–H groups in total. The van der Waals surface area contributed by atoms with Crippen LogP contribution < -0.4 is 9.04 Å². The van der Waals surface area contributed by atoms with Crippen molar-refractivity contribution in [1.29, 1.82) is 5.26 Å². The van der Waals surface area contributed by atoms with Gasteiger partial charge in [0.2, 0.25) is 10.0 Å². The minimum atomic E-state index is -3.33. The van der Waals surface area contributed by atoms with Crippen molar-refractivity contribution < 1.29 is 13.2 Å². The molecule has 29 heavy (non-hydrogen) atoms. The van der Waals surface area contributed by atoms with E-state index in [1.807, 2.05) is 51.1 Å². The summed E-state index contributed by atoms with van der Waals surface area (Å²) in [4.78, 5) is 0. The van der Waals surface area contributed by atoms with Crippen LogP contribution in [0.2, 0.25) is 0 Å². The van der Waals surface area contributed by atoms with E-state index in [4.69, 9.17) is 4.74 Å². The van der Waals surface area contributed by atoms with Gasteiger partial charge >= 0.3 is 0 Å². The molecule has 7 heteroatoms. The Balaban J connectivity index is 0.00000145. The van der Waals surface area contributed by atoms with Gasteiger partial charge in [0.15, 0.2) is 0 Å². The Labute approximate surface area is 173 Å². The largest absolute Gasteiger partial charge is 0.497 e. The molecule has 0 fully saturated rings. The number of sulfonamides is 1. The Kier molecular flexibility index (Phi) is 6.93. The smallest absolute Gasteiger partial charge is 0.231 e. The molecule has 1 heterocycles. The normalized spacial score (nSPS) is 10.8. The molecule has 0 spiro atoms. The summed E-state index contributed by atoms with van der Waals surface area (Å²) in [6, 6.07) is 15.2. The molecule has 3 rings (SSSR count). The fourth-order valence-electron chi connectivity index (χ4n) is 3.22. The predicted octanol–water partition coefficient (Wildman–Crippen LogP) is 4.63. The zero-order valence-electron chi connectivity index (χ0n) is 17.7. The number of ether oxygens (including phenoxy) is 1. The van der Waals surface area contributed by atoms with Crippen molar-refractivity contribution in [2.45, 2.75) is 27.3 Å². The summed E-state index contributed by atoms with van der Waals surface area (Å²) in [6.07, 6.45) is 1.16. The number of aromatic nitrogens is 1. The van der Waals surface area contributed by atoms with E-state index in [2.05, 4.69) is 10.6 Å². The van der Waals surface area contributed by atoms with Gasteiger partial charge in [0.05, 0.1) is 35.8 Å². The van der Waals surface area contributed by atoms with E-state index >= 15 is 0 Å². The first-order valence-electron chi connectivity index (χ1n) is 9.46. The van der Waals surface area contributed by atoms with Crippen molar-refractivity contribution in [1.82, 2.24) is 4.57 Å². The lowest BCUT2D eigenvalue weighted by Gasteiger charge is -2.17. The quantitative estimate of drug-likeness (QED) is 0.611. The molecule has 6 nitrogen and oxygen atoms in total. The van der Waals surface area contributed by atoms with Gasteiger partial charge < -0.3 is 9.30 Å². The highest BCUT2D eigenvalue weighted by molar-refractivity contribution is 7.92. The van der Waals surface area contributed by atoms with E-state index in [-0.39, 0.29) is 0 Å². The van der Waals surface area contributed by atoms with Crippen molar-refractivity contribution in [2.24, 2.45) is 0 Å². The number of fused-ring (bicyclic) bond motifs is 1. The molecule has 0 unspecified atom stereocenters. The highest BCUT2D eigenvalue weighted by Gasteiger charge is 2.19. The highest BCUT2D eigenvalue weighted by Crippen LogP contribution is 2.36. The van der Waals surface area contributed by atoms with Crippen LogP contribution in [0.25, 0.3) is 22.2 Å².